The normalized spacial score (nSPS) is 11.5. The van der Waals surface area contributed by atoms with E-state index in [2.05, 4.69) is 35.5 Å². The SMILES string of the molecule is CS(C)(=O)=Nc1n[nH]c(-c2cccc(Br)c2)n1. The van der Waals surface area contributed by atoms with Gasteiger partial charge in [0.2, 0.25) is 0 Å². The van der Waals surface area contributed by atoms with Gasteiger partial charge in [0.25, 0.3) is 5.95 Å². The highest BCUT2D eigenvalue weighted by Crippen LogP contribution is 2.21. The highest BCUT2D eigenvalue weighted by Gasteiger charge is 2.05. The first kappa shape index (κ1) is 12.3. The predicted molar refractivity (Wildman–Crippen MR) is 71.6 cm³/mol. The lowest BCUT2D eigenvalue weighted by molar-refractivity contribution is 0.684. The van der Waals surface area contributed by atoms with E-state index in [9.17, 15) is 4.21 Å². The Morgan fingerprint density at radius 1 is 1.41 bits per heavy atom. The zero-order chi connectivity index (χ0) is 12.5. The molecule has 1 aromatic heterocycles. The number of benzene rings is 1. The molecule has 0 unspecified atom stereocenters. The Morgan fingerprint density at radius 2 is 2.18 bits per heavy atom. The first-order valence-electron chi connectivity index (χ1n) is 4.79. The molecular weight excluding hydrogens is 304 g/mol. The maximum absolute atomic E-state index is 11.5. The van der Waals surface area contributed by atoms with E-state index in [-0.39, 0.29) is 5.95 Å². The fourth-order valence-corrected chi connectivity index (χ4v) is 2.13. The summed E-state index contributed by atoms with van der Waals surface area (Å²) in [5.41, 5.74) is 0.895. The summed E-state index contributed by atoms with van der Waals surface area (Å²) in [6.07, 6.45) is 3.09. The third-order valence-corrected chi connectivity index (χ3v) is 2.97. The number of nitrogens with zero attached hydrogens (tertiary/aromatic N) is 3. The van der Waals surface area contributed by atoms with Crippen molar-refractivity contribution in [1.29, 1.82) is 0 Å². The highest BCUT2D eigenvalue weighted by atomic mass is 79.9. The van der Waals surface area contributed by atoms with Crippen molar-refractivity contribution < 1.29 is 4.21 Å². The standard InChI is InChI=1S/C10H11BrN4OS/c1-17(2,16)15-10-12-9(13-14-10)7-4-3-5-8(11)6-7/h3-6H,1-2H3,(H,12,13,14). The lowest BCUT2D eigenvalue weighted by atomic mass is 10.2. The van der Waals surface area contributed by atoms with Crippen LogP contribution in [-0.2, 0) is 9.73 Å². The number of H-pyrrole nitrogens is 1. The smallest absolute Gasteiger partial charge is 0.257 e. The molecule has 1 heterocycles. The summed E-state index contributed by atoms with van der Waals surface area (Å²) in [5.74, 6) is 0.823. The van der Waals surface area contributed by atoms with Crippen LogP contribution in [0.4, 0.5) is 5.95 Å². The minimum absolute atomic E-state index is 0.218. The van der Waals surface area contributed by atoms with E-state index in [1.54, 1.807) is 12.5 Å². The van der Waals surface area contributed by atoms with Crippen molar-refractivity contribution in [1.82, 2.24) is 15.2 Å². The van der Waals surface area contributed by atoms with Gasteiger partial charge in [0, 0.05) is 32.3 Å². The molecule has 0 aliphatic heterocycles. The van der Waals surface area contributed by atoms with Gasteiger partial charge in [-0.25, -0.2) is 4.21 Å². The van der Waals surface area contributed by atoms with E-state index in [0.29, 0.717) is 5.82 Å². The summed E-state index contributed by atoms with van der Waals surface area (Å²) in [4.78, 5) is 4.17. The van der Waals surface area contributed by atoms with Gasteiger partial charge >= 0.3 is 0 Å². The van der Waals surface area contributed by atoms with Crippen LogP contribution >= 0.6 is 15.9 Å². The molecule has 0 amide bonds. The number of aromatic amines is 1. The Hall–Kier alpha value is -1.21. The van der Waals surface area contributed by atoms with Crippen LogP contribution in [0.5, 0.6) is 0 Å². The van der Waals surface area contributed by atoms with Crippen molar-refractivity contribution in [3.05, 3.63) is 28.7 Å². The minimum atomic E-state index is -2.23. The molecule has 0 bridgehead atoms. The summed E-state index contributed by atoms with van der Waals surface area (Å²) < 4.78 is 16.4. The highest BCUT2D eigenvalue weighted by molar-refractivity contribution is 9.10. The van der Waals surface area contributed by atoms with Gasteiger partial charge in [-0.3, -0.25) is 5.10 Å². The second-order valence-electron chi connectivity index (χ2n) is 3.77. The van der Waals surface area contributed by atoms with Crippen molar-refractivity contribution in [3.8, 4) is 11.4 Å². The first-order chi connectivity index (χ1) is 7.94. The number of hydrogen-bond donors (Lipinski definition) is 1. The number of hydrogen-bond acceptors (Lipinski definition) is 4. The monoisotopic (exact) mass is 314 g/mol. The Kier molecular flexibility index (Phi) is 3.30. The summed E-state index contributed by atoms with van der Waals surface area (Å²) >= 11 is 3.38. The predicted octanol–water partition coefficient (Wildman–Crippen LogP) is 2.59. The maximum Gasteiger partial charge on any atom is 0.276 e. The fourth-order valence-electron chi connectivity index (χ4n) is 1.26. The van der Waals surface area contributed by atoms with Crippen molar-refractivity contribution in [2.75, 3.05) is 12.5 Å². The third-order valence-electron chi connectivity index (χ3n) is 1.87. The largest absolute Gasteiger partial charge is 0.276 e. The summed E-state index contributed by atoms with van der Waals surface area (Å²) in [5, 5.41) is 6.68. The maximum atomic E-state index is 11.5. The molecule has 0 atom stereocenters. The molecule has 1 aromatic carbocycles. The Bertz CT molecular complexity index is 650. The molecule has 17 heavy (non-hydrogen) atoms. The molecular formula is C10H11BrN4OS. The van der Waals surface area contributed by atoms with E-state index in [4.69, 9.17) is 0 Å². The Balaban J connectivity index is 2.40. The van der Waals surface area contributed by atoms with Gasteiger partial charge in [0.05, 0.1) is 0 Å². The number of halogens is 1. The van der Waals surface area contributed by atoms with E-state index < -0.39 is 9.73 Å². The summed E-state index contributed by atoms with van der Waals surface area (Å²) in [6.45, 7) is 0. The molecule has 0 saturated carbocycles. The van der Waals surface area contributed by atoms with Gasteiger partial charge in [-0.05, 0) is 12.1 Å². The molecule has 5 nitrogen and oxygen atoms in total. The van der Waals surface area contributed by atoms with E-state index >= 15 is 0 Å². The molecule has 1 N–H and O–H groups in total. The molecule has 0 aliphatic carbocycles. The molecule has 0 aliphatic rings. The topological polar surface area (TPSA) is 71.0 Å². The second-order valence-corrected chi connectivity index (χ2v) is 7.23. The zero-order valence-electron chi connectivity index (χ0n) is 9.35. The molecule has 0 fully saturated rings. The first-order valence-corrected chi connectivity index (χ1v) is 7.92. The van der Waals surface area contributed by atoms with Crippen LogP contribution in [-0.4, -0.2) is 31.9 Å². The number of rotatable bonds is 2. The van der Waals surface area contributed by atoms with Crippen LogP contribution < -0.4 is 0 Å². The third kappa shape index (κ3) is 3.37. The minimum Gasteiger partial charge on any atom is -0.257 e. The molecule has 90 valence electrons. The van der Waals surface area contributed by atoms with Crippen molar-refractivity contribution in [2.45, 2.75) is 0 Å². The van der Waals surface area contributed by atoms with Crippen LogP contribution in [0.25, 0.3) is 11.4 Å². The molecule has 0 radical (unpaired) electrons. The van der Waals surface area contributed by atoms with Crippen LogP contribution in [0.3, 0.4) is 0 Å². The average Bonchev–Trinajstić information content (AvgIpc) is 2.63. The van der Waals surface area contributed by atoms with Gasteiger partial charge in [0.1, 0.15) is 0 Å². The van der Waals surface area contributed by atoms with Gasteiger partial charge in [-0.15, -0.1) is 5.10 Å². The van der Waals surface area contributed by atoms with Crippen LogP contribution in [0.15, 0.2) is 33.1 Å². The molecule has 7 heteroatoms. The Morgan fingerprint density at radius 3 is 2.82 bits per heavy atom. The fraction of sp³-hybridized carbons (Fsp3) is 0.200. The lowest BCUT2D eigenvalue weighted by Crippen LogP contribution is -1.89. The van der Waals surface area contributed by atoms with Crippen molar-refractivity contribution in [3.63, 3.8) is 0 Å². The van der Waals surface area contributed by atoms with Gasteiger partial charge in [0.15, 0.2) is 5.82 Å². The van der Waals surface area contributed by atoms with Crippen LogP contribution in [0.2, 0.25) is 0 Å². The molecule has 0 spiro atoms. The van der Waals surface area contributed by atoms with Gasteiger partial charge in [-0.2, -0.15) is 9.35 Å². The average molecular weight is 315 g/mol. The summed E-state index contributed by atoms with van der Waals surface area (Å²) in [7, 11) is -2.23. The van der Waals surface area contributed by atoms with Gasteiger partial charge in [-0.1, -0.05) is 28.1 Å². The quantitative estimate of drug-likeness (QED) is 0.926. The van der Waals surface area contributed by atoms with E-state index in [1.807, 2.05) is 24.3 Å². The molecule has 2 rings (SSSR count). The van der Waals surface area contributed by atoms with E-state index in [1.165, 1.54) is 0 Å². The lowest BCUT2D eigenvalue weighted by Gasteiger charge is -1.95. The van der Waals surface area contributed by atoms with Crippen LogP contribution in [0, 0.1) is 0 Å². The Labute approximate surface area is 108 Å². The molecule has 0 saturated heterocycles. The van der Waals surface area contributed by atoms with Crippen molar-refractivity contribution >= 4 is 31.6 Å². The summed E-state index contributed by atoms with van der Waals surface area (Å²) in [6, 6.07) is 7.65. The second kappa shape index (κ2) is 4.58. The van der Waals surface area contributed by atoms with Gasteiger partial charge < -0.3 is 0 Å². The zero-order valence-corrected chi connectivity index (χ0v) is 11.7. The number of nitrogens with one attached hydrogen (secondary N) is 1. The van der Waals surface area contributed by atoms with Crippen LogP contribution in [0.1, 0.15) is 0 Å². The van der Waals surface area contributed by atoms with Crippen molar-refractivity contribution in [2.24, 2.45) is 4.36 Å². The number of aromatic nitrogens is 3. The molecule has 2 aromatic rings. The van der Waals surface area contributed by atoms with E-state index in [0.717, 1.165) is 10.0 Å².